The van der Waals surface area contributed by atoms with E-state index in [-0.39, 0.29) is 24.2 Å². The van der Waals surface area contributed by atoms with E-state index in [0.717, 1.165) is 12.8 Å². The predicted octanol–water partition coefficient (Wildman–Crippen LogP) is 0.665. The Labute approximate surface area is 104 Å². The topological polar surface area (TPSA) is 88.2 Å². The number of aromatic nitrogens is 3. The van der Waals surface area contributed by atoms with Gasteiger partial charge in [0.1, 0.15) is 5.69 Å². The van der Waals surface area contributed by atoms with Crippen LogP contribution in [0.1, 0.15) is 48.9 Å². The Morgan fingerprint density at radius 1 is 1.50 bits per heavy atom. The van der Waals surface area contributed by atoms with E-state index in [4.69, 9.17) is 4.74 Å². The van der Waals surface area contributed by atoms with E-state index >= 15 is 0 Å². The van der Waals surface area contributed by atoms with Gasteiger partial charge in [-0.1, -0.05) is 0 Å². The Bertz CT molecular complexity index is 457. The average molecular weight is 252 g/mol. The Balaban J connectivity index is 2.26. The molecule has 0 unspecified atom stereocenters. The monoisotopic (exact) mass is 252 g/mol. The third kappa shape index (κ3) is 2.20. The van der Waals surface area contributed by atoms with E-state index in [9.17, 15) is 9.59 Å². The lowest BCUT2D eigenvalue weighted by molar-refractivity contribution is -0.129. The molecule has 0 aliphatic carbocycles. The Morgan fingerprint density at radius 2 is 2.28 bits per heavy atom. The molecule has 1 aromatic heterocycles. The minimum atomic E-state index is -0.503. The second-order valence-electron chi connectivity index (χ2n) is 4.15. The van der Waals surface area contributed by atoms with Crippen LogP contribution in [0, 0.1) is 0 Å². The summed E-state index contributed by atoms with van der Waals surface area (Å²) in [6, 6.07) is -0.180. The van der Waals surface area contributed by atoms with Crippen molar-refractivity contribution < 1.29 is 14.3 Å². The molecular formula is C11H16N4O3. The number of ether oxygens (including phenoxy) is 1. The smallest absolute Gasteiger partial charge is 0.360 e. The molecule has 0 saturated carbocycles. The fraction of sp³-hybridized carbons (Fsp3) is 0.636. The molecule has 1 amide bonds. The fourth-order valence-electron chi connectivity index (χ4n) is 2.25. The summed E-state index contributed by atoms with van der Waals surface area (Å²) in [7, 11) is 0. The summed E-state index contributed by atoms with van der Waals surface area (Å²) < 4.78 is 4.92. The van der Waals surface area contributed by atoms with E-state index < -0.39 is 5.97 Å². The number of aromatic amines is 1. The summed E-state index contributed by atoms with van der Waals surface area (Å²) in [4.78, 5) is 24.9. The van der Waals surface area contributed by atoms with Crippen molar-refractivity contribution in [1.29, 1.82) is 0 Å². The van der Waals surface area contributed by atoms with Gasteiger partial charge in [0.05, 0.1) is 12.6 Å². The molecule has 1 aromatic rings. The van der Waals surface area contributed by atoms with Crippen LogP contribution < -0.4 is 0 Å². The van der Waals surface area contributed by atoms with Crippen molar-refractivity contribution in [1.82, 2.24) is 20.3 Å². The van der Waals surface area contributed by atoms with Gasteiger partial charge in [-0.3, -0.25) is 4.79 Å². The molecule has 98 valence electrons. The summed E-state index contributed by atoms with van der Waals surface area (Å²) in [5.74, 6) is -0.521. The highest BCUT2D eigenvalue weighted by Crippen LogP contribution is 2.32. The van der Waals surface area contributed by atoms with E-state index in [0.29, 0.717) is 12.2 Å². The number of hydrogen-bond donors (Lipinski definition) is 1. The second kappa shape index (κ2) is 5.16. The Hall–Kier alpha value is -1.92. The molecular weight excluding hydrogens is 236 g/mol. The first-order valence-corrected chi connectivity index (χ1v) is 6.00. The number of hydrogen-bond acceptors (Lipinski definition) is 5. The summed E-state index contributed by atoms with van der Waals surface area (Å²) in [5.41, 5.74) is 0.677. The van der Waals surface area contributed by atoms with Crippen LogP contribution in [0.25, 0.3) is 0 Å². The normalized spacial score (nSPS) is 19.0. The van der Waals surface area contributed by atoms with Gasteiger partial charge in [-0.15, -0.1) is 5.10 Å². The van der Waals surface area contributed by atoms with Crippen LogP contribution in [-0.4, -0.2) is 45.3 Å². The molecule has 0 radical (unpaired) electrons. The number of amides is 1. The maximum atomic E-state index is 11.7. The molecule has 2 heterocycles. The van der Waals surface area contributed by atoms with Crippen LogP contribution in [-0.2, 0) is 9.53 Å². The number of nitrogens with zero attached hydrogens (tertiary/aromatic N) is 3. The van der Waals surface area contributed by atoms with Gasteiger partial charge in [0.25, 0.3) is 0 Å². The molecule has 0 bridgehead atoms. The molecule has 7 heteroatoms. The van der Waals surface area contributed by atoms with Crippen molar-refractivity contribution in [2.75, 3.05) is 13.2 Å². The van der Waals surface area contributed by atoms with Crippen molar-refractivity contribution in [2.45, 2.75) is 32.7 Å². The maximum Gasteiger partial charge on any atom is 0.360 e. The van der Waals surface area contributed by atoms with Crippen molar-refractivity contribution in [3.05, 3.63) is 11.4 Å². The van der Waals surface area contributed by atoms with E-state index in [1.165, 1.54) is 6.92 Å². The summed E-state index contributed by atoms with van der Waals surface area (Å²) in [6.07, 6.45) is 1.69. The second-order valence-corrected chi connectivity index (χ2v) is 4.15. The standard InChI is InChI=1S/C11H16N4O3/c1-3-18-11(17)10-9(12-14-13-10)8-5-4-6-15(8)7(2)16/h8H,3-6H2,1-2H3,(H,12,13,14)/t8-/m0/s1. The summed E-state index contributed by atoms with van der Waals surface area (Å²) >= 11 is 0. The van der Waals surface area contributed by atoms with Gasteiger partial charge in [-0.25, -0.2) is 4.79 Å². The lowest BCUT2D eigenvalue weighted by atomic mass is 10.1. The summed E-state index contributed by atoms with van der Waals surface area (Å²) in [5, 5.41) is 10.3. The predicted molar refractivity (Wildman–Crippen MR) is 61.7 cm³/mol. The highest BCUT2D eigenvalue weighted by molar-refractivity contribution is 5.88. The summed E-state index contributed by atoms with van der Waals surface area (Å²) in [6.45, 7) is 4.22. The zero-order valence-corrected chi connectivity index (χ0v) is 10.5. The van der Waals surface area contributed by atoms with Crippen molar-refractivity contribution >= 4 is 11.9 Å². The number of likely N-dealkylation sites (tertiary alicyclic amines) is 1. The van der Waals surface area contributed by atoms with Crippen molar-refractivity contribution in [3.63, 3.8) is 0 Å². The lowest BCUT2D eigenvalue weighted by Gasteiger charge is -2.21. The minimum Gasteiger partial charge on any atom is -0.461 e. The molecule has 1 atom stereocenters. The first kappa shape index (κ1) is 12.5. The van der Waals surface area contributed by atoms with Crippen LogP contribution in [0.3, 0.4) is 0 Å². The van der Waals surface area contributed by atoms with Crippen molar-refractivity contribution in [3.8, 4) is 0 Å². The minimum absolute atomic E-state index is 0.0182. The molecule has 0 spiro atoms. The number of esters is 1. The van der Waals surface area contributed by atoms with Crippen LogP contribution in [0.5, 0.6) is 0 Å². The van der Waals surface area contributed by atoms with Crippen LogP contribution in [0.2, 0.25) is 0 Å². The third-order valence-corrected chi connectivity index (χ3v) is 3.02. The van der Waals surface area contributed by atoms with Gasteiger partial charge < -0.3 is 9.64 Å². The largest absolute Gasteiger partial charge is 0.461 e. The van der Waals surface area contributed by atoms with E-state index in [2.05, 4.69) is 15.4 Å². The van der Waals surface area contributed by atoms with Gasteiger partial charge in [0.15, 0.2) is 5.69 Å². The van der Waals surface area contributed by atoms with Gasteiger partial charge in [-0.2, -0.15) is 10.3 Å². The maximum absolute atomic E-state index is 11.7. The number of carbonyl (C=O) groups is 2. The molecule has 1 saturated heterocycles. The molecule has 1 N–H and O–H groups in total. The Kier molecular flexibility index (Phi) is 3.59. The van der Waals surface area contributed by atoms with Crippen LogP contribution in [0.4, 0.5) is 0 Å². The van der Waals surface area contributed by atoms with Gasteiger partial charge in [-0.05, 0) is 19.8 Å². The highest BCUT2D eigenvalue weighted by atomic mass is 16.5. The molecule has 1 aliphatic rings. The van der Waals surface area contributed by atoms with Gasteiger partial charge in [0.2, 0.25) is 5.91 Å². The molecule has 7 nitrogen and oxygen atoms in total. The molecule has 0 aromatic carbocycles. The number of H-pyrrole nitrogens is 1. The van der Waals surface area contributed by atoms with Crippen LogP contribution >= 0.6 is 0 Å². The van der Waals surface area contributed by atoms with Gasteiger partial charge in [0, 0.05) is 13.5 Å². The van der Waals surface area contributed by atoms with E-state index in [1.807, 2.05) is 0 Å². The Morgan fingerprint density at radius 3 is 2.94 bits per heavy atom. The molecule has 2 rings (SSSR count). The molecule has 1 fully saturated rings. The SMILES string of the molecule is CCOC(=O)c1n[nH]nc1[C@@H]1CCCN1C(C)=O. The first-order chi connectivity index (χ1) is 8.65. The number of rotatable bonds is 3. The fourth-order valence-corrected chi connectivity index (χ4v) is 2.25. The number of carbonyl (C=O) groups excluding carboxylic acids is 2. The molecule has 18 heavy (non-hydrogen) atoms. The molecule has 1 aliphatic heterocycles. The quantitative estimate of drug-likeness (QED) is 0.798. The first-order valence-electron chi connectivity index (χ1n) is 6.00. The van der Waals surface area contributed by atoms with Gasteiger partial charge >= 0.3 is 5.97 Å². The average Bonchev–Trinajstić information content (AvgIpc) is 2.97. The van der Waals surface area contributed by atoms with E-state index in [1.54, 1.807) is 11.8 Å². The number of nitrogens with one attached hydrogen (secondary N) is 1. The highest BCUT2D eigenvalue weighted by Gasteiger charge is 2.34. The van der Waals surface area contributed by atoms with Crippen molar-refractivity contribution in [2.24, 2.45) is 0 Å². The zero-order valence-electron chi connectivity index (χ0n) is 10.5. The third-order valence-electron chi connectivity index (χ3n) is 3.02. The lowest BCUT2D eigenvalue weighted by Crippen LogP contribution is -2.29. The van der Waals surface area contributed by atoms with Crippen LogP contribution in [0.15, 0.2) is 0 Å². The zero-order chi connectivity index (χ0) is 13.1.